The molecule has 6 atom stereocenters. The van der Waals surface area contributed by atoms with Crippen LogP contribution in [-0.2, 0) is 4.74 Å². The molecule has 0 radical (unpaired) electrons. The Kier molecular flexibility index (Phi) is 77.2. The summed E-state index contributed by atoms with van der Waals surface area (Å²) in [5.74, 6) is 2.66. The van der Waals surface area contributed by atoms with Crippen molar-refractivity contribution in [3.8, 4) is 0 Å². The molecule has 0 aromatic carbocycles. The smallest absolute Gasteiger partial charge is 0.111 e. The fraction of sp³-hybridized carbons (Fsp3) is 1.00. The van der Waals surface area contributed by atoms with E-state index in [2.05, 4.69) is 298 Å². The van der Waals surface area contributed by atoms with Crippen LogP contribution in [0.1, 0.15) is 623 Å². The van der Waals surface area contributed by atoms with E-state index in [0.29, 0.717) is 89.3 Å². The summed E-state index contributed by atoms with van der Waals surface area (Å²) in [4.78, 5) is 0. The molecule has 0 N–H and O–H groups in total. The summed E-state index contributed by atoms with van der Waals surface area (Å²) < 4.78 is 86.0. The van der Waals surface area contributed by atoms with E-state index in [4.69, 9.17) is 4.74 Å². The fourth-order valence-corrected chi connectivity index (χ4v) is 17.3. The van der Waals surface area contributed by atoms with E-state index in [-0.39, 0.29) is 32.5 Å². The predicted molar refractivity (Wildman–Crippen MR) is 561 cm³/mol. The summed E-state index contributed by atoms with van der Waals surface area (Å²) in [6.45, 7) is 115. The summed E-state index contributed by atoms with van der Waals surface area (Å²) in [5.41, 5.74) is 0.471. The van der Waals surface area contributed by atoms with Crippen LogP contribution in [-0.4, -0.2) is 47.7 Å². The number of rotatable bonds is 49. The lowest BCUT2D eigenvalue weighted by atomic mass is 9.69. The van der Waals surface area contributed by atoms with Crippen LogP contribution >= 0.6 is 0 Å². The quantitative estimate of drug-likeness (QED) is 0.0552. The van der Waals surface area contributed by atoms with E-state index >= 15 is 0 Å². The average molecular weight is 1780 g/mol. The molecule has 0 spiro atoms. The van der Waals surface area contributed by atoms with Crippen LogP contribution in [0, 0.1) is 88.1 Å². The lowest BCUT2D eigenvalue weighted by Gasteiger charge is -2.44. The van der Waals surface area contributed by atoms with E-state index in [0.717, 1.165) is 134 Å². The van der Waals surface area contributed by atoms with Gasteiger partial charge in [-0.3, -0.25) is 0 Å². The number of alkyl halides is 6. The molecular formula is C117H246F6O. The lowest BCUT2D eigenvalue weighted by Crippen LogP contribution is -2.43. The Morgan fingerprint density at radius 1 is 0.258 bits per heavy atom. The second kappa shape index (κ2) is 67.7. The first-order valence-electron chi connectivity index (χ1n) is 53.8. The van der Waals surface area contributed by atoms with Gasteiger partial charge in [-0.1, -0.05) is 480 Å². The van der Waals surface area contributed by atoms with Gasteiger partial charge in [-0.15, -0.1) is 0 Å². The van der Waals surface area contributed by atoms with Crippen molar-refractivity contribution in [2.45, 2.75) is 658 Å². The van der Waals surface area contributed by atoms with Gasteiger partial charge in [-0.05, 0) is 227 Å². The molecule has 2 fully saturated rings. The van der Waals surface area contributed by atoms with Crippen LogP contribution in [0.2, 0.25) is 0 Å². The summed E-state index contributed by atoms with van der Waals surface area (Å²) in [5, 5.41) is 0. The fourth-order valence-electron chi connectivity index (χ4n) is 17.3. The monoisotopic (exact) mass is 1780 g/mol. The average Bonchev–Trinajstić information content (AvgIpc) is 1.64. The third kappa shape index (κ3) is 73.0. The summed E-state index contributed by atoms with van der Waals surface area (Å²) in [6.07, 6.45) is 43.4. The van der Waals surface area contributed by atoms with Crippen LogP contribution in [0.15, 0.2) is 0 Å². The molecular weight excluding hydrogens is 1540 g/mol. The van der Waals surface area contributed by atoms with Crippen molar-refractivity contribution in [2.75, 3.05) is 13.2 Å². The molecule has 1 saturated carbocycles. The van der Waals surface area contributed by atoms with E-state index in [1.54, 1.807) is 34.6 Å². The highest BCUT2D eigenvalue weighted by Gasteiger charge is 2.47. The van der Waals surface area contributed by atoms with Crippen LogP contribution < -0.4 is 0 Å². The van der Waals surface area contributed by atoms with Gasteiger partial charge in [0.05, 0.1) is 13.2 Å². The predicted octanol–water partition coefficient (Wildman–Crippen LogP) is 44.5. The molecule has 2 unspecified atom stereocenters. The molecule has 124 heavy (non-hydrogen) atoms. The molecule has 1 aliphatic heterocycles. The maximum Gasteiger partial charge on any atom is 0.111 e. The zero-order valence-electron chi connectivity index (χ0n) is 96.4. The van der Waals surface area contributed by atoms with Gasteiger partial charge in [0, 0.05) is 5.41 Å². The highest BCUT2D eigenvalue weighted by Crippen LogP contribution is 2.51. The SMILES string of the molecule is CCC(C)(CC)CC(C)(C)C.CCC(C)(CC)CC(C)(C)F.CCC(C)(CC)CC(C)C.CCC(C)(CC)CC1(C)COC1.CCC(C)(CC)CC1(F)CC1.CCC(C)(CC)C[C@](C)(F)CC.CCC(C)(CC)C[C@](C)(F)CC.CCC(C)(F)CC(C)(CC)CC.CCC(F)CC(C)(CC)CC.CC[C@@H](C)CC(C)(CC)CC.CC[C@H](C)CC(C)(CC)CC. The van der Waals surface area contributed by atoms with Gasteiger partial charge in [0.15, 0.2) is 0 Å². The van der Waals surface area contributed by atoms with Crippen molar-refractivity contribution in [3.63, 3.8) is 0 Å². The van der Waals surface area contributed by atoms with Crippen molar-refractivity contribution in [2.24, 2.45) is 88.1 Å². The largest absolute Gasteiger partial charge is 0.380 e. The zero-order valence-corrected chi connectivity index (χ0v) is 96.4. The van der Waals surface area contributed by atoms with Crippen LogP contribution in [0.5, 0.6) is 0 Å². The maximum atomic E-state index is 13.7. The second-order valence-electron chi connectivity index (χ2n) is 48.7. The van der Waals surface area contributed by atoms with Gasteiger partial charge in [0.25, 0.3) is 0 Å². The van der Waals surface area contributed by atoms with E-state index in [1.807, 2.05) is 27.7 Å². The molecule has 1 nitrogen and oxygen atoms in total. The Morgan fingerprint density at radius 2 is 0.468 bits per heavy atom. The van der Waals surface area contributed by atoms with Gasteiger partial charge in [-0.2, -0.15) is 0 Å². The topological polar surface area (TPSA) is 9.23 Å². The minimum absolute atomic E-state index is 0.193. The molecule has 0 aromatic rings. The first-order valence-corrected chi connectivity index (χ1v) is 53.8. The number of hydrogen-bond acceptors (Lipinski definition) is 1. The highest BCUT2D eigenvalue weighted by atomic mass is 19.2. The maximum absolute atomic E-state index is 13.7. The summed E-state index contributed by atoms with van der Waals surface area (Å²) >= 11 is 0. The molecule has 1 saturated heterocycles. The molecule has 1 heterocycles. The Labute approximate surface area is 785 Å². The number of ether oxygens (including phenoxy) is 1. The Morgan fingerprint density at radius 3 is 0.613 bits per heavy atom. The van der Waals surface area contributed by atoms with Gasteiger partial charge in [0.1, 0.15) is 34.5 Å². The first-order chi connectivity index (χ1) is 56.2. The van der Waals surface area contributed by atoms with Gasteiger partial charge >= 0.3 is 0 Å². The number of halogens is 6. The van der Waals surface area contributed by atoms with Crippen molar-refractivity contribution in [3.05, 3.63) is 0 Å². The van der Waals surface area contributed by atoms with Gasteiger partial charge in [-0.25, -0.2) is 26.3 Å². The molecule has 0 bridgehead atoms. The summed E-state index contributed by atoms with van der Waals surface area (Å²) in [7, 11) is 0. The van der Waals surface area contributed by atoms with E-state index in [9.17, 15) is 26.3 Å². The van der Waals surface area contributed by atoms with Crippen LogP contribution in [0.3, 0.4) is 0 Å². The van der Waals surface area contributed by atoms with E-state index in [1.165, 1.54) is 109 Å². The molecule has 2 aliphatic rings. The Bertz CT molecular complexity index is 2100. The highest BCUT2D eigenvalue weighted by molar-refractivity contribution is 4.98. The Balaban J connectivity index is -0.000000168. The second-order valence-corrected chi connectivity index (χ2v) is 48.7. The van der Waals surface area contributed by atoms with E-state index < -0.39 is 34.5 Å². The zero-order chi connectivity index (χ0) is 100. The standard InChI is InChI=1S/3C11H23F.C11H22O.3C11H24.C10H19F.2C10H21F.C10H22/c3*1-6-10(4,7-2)9-11(5,12)8-3;1-5-10(3,6-2)7-11(4)8-12-9-11;1-7-11(6,8-2)9-10(3,4)5;2*1-6-10(4)9-11(5,7-2)8-3;1-4-9(3,5-2)8-10(11)6-7-10;1-6-10(5,7-2)8-9(3,4)11;1-5-9(11)8-10(4,6-2)7-3;1-6-10(5,7-2)8-9(3)4/h3*6-9H2,1-5H3;5-9H2,1-4H3;7-9H2,1-6H3;2*10H,6-9H2,1-5H3;4-8H2,1-3H3;6-8H2,1-5H3;9H,5-8H2,1-4H3;9H,6-8H2,1-5H3/t2*11-;;;;2*10-;;;;/m11...10..../s1. The van der Waals surface area contributed by atoms with Crippen molar-refractivity contribution in [1.82, 2.24) is 0 Å². The number of hydrogen-bond donors (Lipinski definition) is 0. The third-order valence-electron chi connectivity index (χ3n) is 33.6. The summed E-state index contributed by atoms with van der Waals surface area (Å²) in [6, 6.07) is 0. The lowest BCUT2D eigenvalue weighted by molar-refractivity contribution is -0.123. The van der Waals surface area contributed by atoms with Crippen molar-refractivity contribution < 1.29 is 31.1 Å². The van der Waals surface area contributed by atoms with Crippen LogP contribution in [0.4, 0.5) is 26.3 Å². The molecule has 0 amide bonds. The van der Waals surface area contributed by atoms with Crippen molar-refractivity contribution >= 4 is 0 Å². The molecule has 1 aliphatic carbocycles. The molecule has 0 aromatic heterocycles. The molecule has 762 valence electrons. The first kappa shape index (κ1) is 141. The Hall–Kier alpha value is -0.460. The molecule has 7 heteroatoms. The van der Waals surface area contributed by atoms with Crippen LogP contribution in [0.25, 0.3) is 0 Å². The third-order valence-corrected chi connectivity index (χ3v) is 33.6. The molecule has 2 rings (SSSR count). The normalized spacial score (nSPS) is 16.6. The minimum Gasteiger partial charge on any atom is -0.380 e. The minimum atomic E-state index is -1.01. The van der Waals surface area contributed by atoms with Crippen molar-refractivity contribution in [1.29, 1.82) is 0 Å². The van der Waals surface area contributed by atoms with Gasteiger partial charge in [0.2, 0.25) is 0 Å². The van der Waals surface area contributed by atoms with Gasteiger partial charge < -0.3 is 4.74 Å².